The Balaban J connectivity index is 1.81. The van der Waals surface area contributed by atoms with Gasteiger partial charge in [-0.2, -0.15) is 0 Å². The fourth-order valence-corrected chi connectivity index (χ4v) is 3.06. The summed E-state index contributed by atoms with van der Waals surface area (Å²) >= 11 is 5.14. The third-order valence-electron chi connectivity index (χ3n) is 4.01. The summed E-state index contributed by atoms with van der Waals surface area (Å²) in [7, 11) is 0. The monoisotopic (exact) mass is 306 g/mol. The maximum absolute atomic E-state index is 12.4. The lowest BCUT2D eigenvalue weighted by Gasteiger charge is -2.34. The Bertz CT molecular complexity index is 484. The molecule has 21 heavy (non-hydrogen) atoms. The molecule has 0 aliphatic heterocycles. The number of para-hydroxylation sites is 1. The summed E-state index contributed by atoms with van der Waals surface area (Å²) in [6.07, 6.45) is 4.67. The van der Waals surface area contributed by atoms with Gasteiger partial charge in [0.05, 0.1) is 16.9 Å². The Morgan fingerprint density at radius 2 is 1.90 bits per heavy atom. The number of carbonyl (C=O) groups excluding carboxylic acids is 1. The lowest BCUT2D eigenvalue weighted by atomic mass is 9.73. The fourth-order valence-electron chi connectivity index (χ4n) is 2.76. The standard InChI is InChI=1S/C16H22N2O2S/c17-14(21)16(9-5-2-6-10-16)15(19)18-11-12-20-13-7-3-1-4-8-13/h1,3-4,7-8H,2,5-6,9-12H2,(H2,17,21)(H,18,19). The van der Waals surface area contributed by atoms with Crippen LogP contribution in [0.5, 0.6) is 5.75 Å². The predicted molar refractivity (Wildman–Crippen MR) is 87.3 cm³/mol. The number of nitrogens with two attached hydrogens (primary N) is 1. The second-order valence-corrected chi connectivity index (χ2v) is 5.86. The second kappa shape index (κ2) is 7.41. The summed E-state index contributed by atoms with van der Waals surface area (Å²) in [4.78, 5) is 12.8. The zero-order valence-corrected chi connectivity index (χ0v) is 13.0. The van der Waals surface area contributed by atoms with E-state index in [1.165, 1.54) is 0 Å². The van der Waals surface area contributed by atoms with Gasteiger partial charge in [-0.3, -0.25) is 4.79 Å². The maximum atomic E-state index is 12.4. The number of amides is 1. The molecule has 0 heterocycles. The molecule has 0 unspecified atom stereocenters. The van der Waals surface area contributed by atoms with Crippen LogP contribution in [0.1, 0.15) is 32.1 Å². The zero-order valence-electron chi connectivity index (χ0n) is 12.1. The minimum absolute atomic E-state index is 0.0497. The van der Waals surface area contributed by atoms with Crippen molar-refractivity contribution in [1.29, 1.82) is 0 Å². The van der Waals surface area contributed by atoms with Crippen LogP contribution in [0.25, 0.3) is 0 Å². The van der Waals surface area contributed by atoms with Crippen LogP contribution in [0.3, 0.4) is 0 Å². The average molecular weight is 306 g/mol. The molecule has 4 nitrogen and oxygen atoms in total. The van der Waals surface area contributed by atoms with E-state index in [2.05, 4.69) is 5.32 Å². The minimum atomic E-state index is -0.652. The van der Waals surface area contributed by atoms with Crippen LogP contribution in [-0.4, -0.2) is 24.0 Å². The SMILES string of the molecule is NC(=S)C1(C(=O)NCCOc2ccccc2)CCCCC1. The lowest BCUT2D eigenvalue weighted by molar-refractivity contribution is -0.128. The molecule has 1 fully saturated rings. The predicted octanol–water partition coefficient (Wildman–Crippen LogP) is 2.42. The van der Waals surface area contributed by atoms with Crippen molar-refractivity contribution in [2.24, 2.45) is 11.1 Å². The third-order valence-corrected chi connectivity index (χ3v) is 4.40. The van der Waals surface area contributed by atoms with Crippen molar-refractivity contribution in [3.05, 3.63) is 30.3 Å². The summed E-state index contributed by atoms with van der Waals surface area (Å²) in [6.45, 7) is 0.890. The molecule has 2 rings (SSSR count). The molecule has 1 amide bonds. The molecule has 5 heteroatoms. The molecule has 0 spiro atoms. The van der Waals surface area contributed by atoms with Gasteiger partial charge in [0, 0.05) is 0 Å². The molecule has 1 aliphatic carbocycles. The molecule has 1 aromatic carbocycles. The Morgan fingerprint density at radius 1 is 1.24 bits per heavy atom. The topological polar surface area (TPSA) is 64.4 Å². The van der Waals surface area contributed by atoms with Gasteiger partial charge in [0.15, 0.2) is 0 Å². The molecule has 114 valence electrons. The van der Waals surface area contributed by atoms with E-state index in [4.69, 9.17) is 22.7 Å². The van der Waals surface area contributed by atoms with E-state index in [9.17, 15) is 4.79 Å². The molecule has 0 atom stereocenters. The summed E-state index contributed by atoms with van der Waals surface area (Å²) < 4.78 is 5.56. The van der Waals surface area contributed by atoms with E-state index in [1.807, 2.05) is 30.3 Å². The Morgan fingerprint density at radius 3 is 2.52 bits per heavy atom. The van der Waals surface area contributed by atoms with Crippen LogP contribution in [-0.2, 0) is 4.79 Å². The Labute approximate surface area is 131 Å². The highest BCUT2D eigenvalue weighted by molar-refractivity contribution is 7.80. The lowest BCUT2D eigenvalue weighted by Crippen LogP contribution is -2.50. The van der Waals surface area contributed by atoms with Crippen LogP contribution in [0.4, 0.5) is 0 Å². The van der Waals surface area contributed by atoms with E-state index in [0.717, 1.165) is 37.9 Å². The van der Waals surface area contributed by atoms with Crippen molar-refractivity contribution in [2.75, 3.05) is 13.2 Å². The molecule has 3 N–H and O–H groups in total. The Kier molecular flexibility index (Phi) is 5.56. The maximum Gasteiger partial charge on any atom is 0.233 e. The molecule has 0 saturated heterocycles. The van der Waals surface area contributed by atoms with Crippen LogP contribution in [0, 0.1) is 5.41 Å². The van der Waals surface area contributed by atoms with E-state index in [-0.39, 0.29) is 5.91 Å². The van der Waals surface area contributed by atoms with Crippen LogP contribution in [0.2, 0.25) is 0 Å². The van der Waals surface area contributed by atoms with Gasteiger partial charge in [-0.1, -0.05) is 49.7 Å². The number of thiocarbonyl (C=S) groups is 1. The van der Waals surface area contributed by atoms with Gasteiger partial charge in [0.25, 0.3) is 0 Å². The first-order valence-corrected chi connectivity index (χ1v) is 7.82. The second-order valence-electron chi connectivity index (χ2n) is 5.42. The fraction of sp³-hybridized carbons (Fsp3) is 0.500. The van der Waals surface area contributed by atoms with E-state index in [1.54, 1.807) is 0 Å². The number of carbonyl (C=O) groups is 1. The molecular formula is C16H22N2O2S. The van der Waals surface area contributed by atoms with Gasteiger partial charge in [0.2, 0.25) is 5.91 Å². The number of nitrogens with one attached hydrogen (secondary N) is 1. The zero-order chi connectivity index (χ0) is 15.1. The molecule has 1 aromatic rings. The summed E-state index contributed by atoms with van der Waals surface area (Å²) in [5.41, 5.74) is 5.19. The van der Waals surface area contributed by atoms with E-state index >= 15 is 0 Å². The molecule has 0 radical (unpaired) electrons. The summed E-state index contributed by atoms with van der Waals surface area (Å²) in [5, 5.41) is 2.91. The van der Waals surface area contributed by atoms with Crippen LogP contribution in [0.15, 0.2) is 30.3 Å². The van der Waals surface area contributed by atoms with Crippen LogP contribution < -0.4 is 15.8 Å². The number of hydrogen-bond acceptors (Lipinski definition) is 3. The first-order chi connectivity index (χ1) is 10.1. The van der Waals surface area contributed by atoms with Crippen molar-refractivity contribution >= 4 is 23.1 Å². The molecule has 1 saturated carbocycles. The van der Waals surface area contributed by atoms with Gasteiger partial charge in [-0.05, 0) is 25.0 Å². The molecule has 0 bridgehead atoms. The van der Waals surface area contributed by atoms with Crippen molar-refractivity contribution in [3.8, 4) is 5.75 Å². The summed E-state index contributed by atoms with van der Waals surface area (Å²) in [6, 6.07) is 9.54. The first-order valence-electron chi connectivity index (χ1n) is 7.41. The highest BCUT2D eigenvalue weighted by Gasteiger charge is 2.42. The molecular weight excluding hydrogens is 284 g/mol. The highest BCUT2D eigenvalue weighted by atomic mass is 32.1. The number of hydrogen-bond donors (Lipinski definition) is 2. The van der Waals surface area contributed by atoms with Crippen molar-refractivity contribution in [2.45, 2.75) is 32.1 Å². The molecule has 0 aromatic heterocycles. The largest absolute Gasteiger partial charge is 0.492 e. The minimum Gasteiger partial charge on any atom is -0.492 e. The van der Waals surface area contributed by atoms with Crippen molar-refractivity contribution in [1.82, 2.24) is 5.32 Å². The number of rotatable bonds is 6. The van der Waals surface area contributed by atoms with Gasteiger partial charge in [0.1, 0.15) is 12.4 Å². The number of ether oxygens (including phenoxy) is 1. The highest BCUT2D eigenvalue weighted by Crippen LogP contribution is 2.36. The third kappa shape index (κ3) is 3.94. The first kappa shape index (κ1) is 15.8. The van der Waals surface area contributed by atoms with Crippen molar-refractivity contribution in [3.63, 3.8) is 0 Å². The van der Waals surface area contributed by atoms with Gasteiger partial charge < -0.3 is 15.8 Å². The van der Waals surface area contributed by atoms with E-state index in [0.29, 0.717) is 18.1 Å². The van der Waals surface area contributed by atoms with Crippen LogP contribution >= 0.6 is 12.2 Å². The van der Waals surface area contributed by atoms with E-state index < -0.39 is 5.41 Å². The smallest absolute Gasteiger partial charge is 0.233 e. The Hall–Kier alpha value is -1.62. The van der Waals surface area contributed by atoms with Gasteiger partial charge in [-0.15, -0.1) is 0 Å². The quantitative estimate of drug-likeness (QED) is 0.626. The van der Waals surface area contributed by atoms with Gasteiger partial charge in [-0.25, -0.2) is 0 Å². The average Bonchev–Trinajstić information content (AvgIpc) is 2.53. The summed E-state index contributed by atoms with van der Waals surface area (Å²) in [5.74, 6) is 0.750. The normalized spacial score (nSPS) is 17.0. The van der Waals surface area contributed by atoms with Gasteiger partial charge >= 0.3 is 0 Å². The number of benzene rings is 1. The van der Waals surface area contributed by atoms with Crippen molar-refractivity contribution < 1.29 is 9.53 Å². The molecule has 1 aliphatic rings.